The van der Waals surface area contributed by atoms with E-state index in [2.05, 4.69) is 42.5 Å². The van der Waals surface area contributed by atoms with E-state index in [1.807, 2.05) is 11.8 Å². The number of hydrogen-bond acceptors (Lipinski definition) is 2. The Bertz CT molecular complexity index is 653. The molecule has 2 aromatic carbocycles. The van der Waals surface area contributed by atoms with Gasteiger partial charge in [-0.05, 0) is 29.2 Å². The molecule has 2 unspecified atom stereocenters. The van der Waals surface area contributed by atoms with Crippen LogP contribution in [0.3, 0.4) is 0 Å². The molecule has 1 aliphatic heterocycles. The summed E-state index contributed by atoms with van der Waals surface area (Å²) in [5, 5.41) is 2.49. The minimum Gasteiger partial charge on any atom is -0.335 e. The smallest absolute Gasteiger partial charge is 0.227 e. The maximum Gasteiger partial charge on any atom is 0.227 e. The minimum absolute atomic E-state index is 0. The molecule has 22 heavy (non-hydrogen) atoms. The van der Waals surface area contributed by atoms with Gasteiger partial charge in [0.2, 0.25) is 5.91 Å². The predicted molar refractivity (Wildman–Crippen MR) is 93.1 cm³/mol. The number of nitrogens with zero attached hydrogens (tertiary/aromatic N) is 1. The predicted octanol–water partition coefficient (Wildman–Crippen LogP) is 3.52. The molecule has 0 aromatic heterocycles. The van der Waals surface area contributed by atoms with Crippen LogP contribution in [0, 0.1) is 5.92 Å². The molecular formula is C18H23ClN2O. The van der Waals surface area contributed by atoms with Crippen molar-refractivity contribution in [2.45, 2.75) is 25.8 Å². The number of halogens is 1. The van der Waals surface area contributed by atoms with Gasteiger partial charge in [-0.3, -0.25) is 4.79 Å². The number of carbonyl (C=O) groups excluding carboxylic acids is 1. The van der Waals surface area contributed by atoms with Gasteiger partial charge in [-0.25, -0.2) is 0 Å². The van der Waals surface area contributed by atoms with E-state index in [1.54, 1.807) is 0 Å². The number of amides is 1. The molecule has 0 spiro atoms. The number of nitrogens with two attached hydrogens (primary N) is 1. The first-order valence-corrected chi connectivity index (χ1v) is 7.70. The first-order chi connectivity index (χ1) is 10.2. The van der Waals surface area contributed by atoms with Crippen LogP contribution in [0.2, 0.25) is 0 Å². The molecular weight excluding hydrogens is 296 g/mol. The zero-order valence-electron chi connectivity index (χ0n) is 12.9. The Kier molecular flexibility index (Phi) is 5.43. The van der Waals surface area contributed by atoms with E-state index in [1.165, 1.54) is 16.3 Å². The van der Waals surface area contributed by atoms with Crippen molar-refractivity contribution in [2.75, 3.05) is 13.1 Å². The Labute approximate surface area is 137 Å². The zero-order valence-corrected chi connectivity index (χ0v) is 13.7. The van der Waals surface area contributed by atoms with E-state index in [0.29, 0.717) is 6.54 Å². The summed E-state index contributed by atoms with van der Waals surface area (Å²) in [7, 11) is 0. The second-order valence-electron chi connectivity index (χ2n) is 5.89. The third kappa shape index (κ3) is 2.96. The SMILES string of the molecule is CC(CN)C(=O)N1CCCC1c1cccc2ccccc12.Cl. The average Bonchev–Trinajstić information content (AvgIpc) is 3.02. The van der Waals surface area contributed by atoms with E-state index in [0.717, 1.165) is 19.4 Å². The Morgan fingerprint density at radius 3 is 2.77 bits per heavy atom. The fourth-order valence-corrected chi connectivity index (χ4v) is 3.28. The van der Waals surface area contributed by atoms with Crippen molar-refractivity contribution >= 4 is 29.1 Å². The maximum atomic E-state index is 12.5. The Balaban J connectivity index is 0.00000176. The molecule has 3 rings (SSSR count). The summed E-state index contributed by atoms with van der Waals surface area (Å²) in [6.45, 7) is 3.18. The molecule has 1 heterocycles. The van der Waals surface area contributed by atoms with E-state index in [4.69, 9.17) is 5.73 Å². The number of hydrogen-bond donors (Lipinski definition) is 1. The third-order valence-corrected chi connectivity index (χ3v) is 4.49. The van der Waals surface area contributed by atoms with Gasteiger partial charge in [0.05, 0.1) is 6.04 Å². The Hall–Kier alpha value is -1.58. The van der Waals surface area contributed by atoms with Crippen LogP contribution in [-0.4, -0.2) is 23.9 Å². The fourth-order valence-electron chi connectivity index (χ4n) is 3.28. The number of rotatable bonds is 3. The number of fused-ring (bicyclic) bond motifs is 1. The van der Waals surface area contributed by atoms with Crippen LogP contribution in [0.4, 0.5) is 0 Å². The number of likely N-dealkylation sites (tertiary alicyclic amines) is 1. The topological polar surface area (TPSA) is 46.3 Å². The van der Waals surface area contributed by atoms with Gasteiger partial charge in [0, 0.05) is 19.0 Å². The summed E-state index contributed by atoms with van der Waals surface area (Å²) in [4.78, 5) is 14.6. The third-order valence-electron chi connectivity index (χ3n) is 4.49. The molecule has 118 valence electrons. The van der Waals surface area contributed by atoms with Gasteiger partial charge >= 0.3 is 0 Å². The van der Waals surface area contributed by atoms with Crippen molar-refractivity contribution in [1.29, 1.82) is 0 Å². The maximum absolute atomic E-state index is 12.5. The van der Waals surface area contributed by atoms with Crippen LogP contribution in [0.25, 0.3) is 10.8 Å². The summed E-state index contributed by atoms with van der Waals surface area (Å²) >= 11 is 0. The van der Waals surface area contributed by atoms with Crippen molar-refractivity contribution in [3.05, 3.63) is 48.0 Å². The molecule has 0 radical (unpaired) electrons. The summed E-state index contributed by atoms with van der Waals surface area (Å²) in [5.41, 5.74) is 6.93. The van der Waals surface area contributed by atoms with Gasteiger partial charge in [0.15, 0.2) is 0 Å². The highest BCUT2D eigenvalue weighted by Gasteiger charge is 2.32. The lowest BCUT2D eigenvalue weighted by Crippen LogP contribution is -2.37. The fraction of sp³-hybridized carbons (Fsp3) is 0.389. The van der Waals surface area contributed by atoms with Crippen LogP contribution in [-0.2, 0) is 4.79 Å². The van der Waals surface area contributed by atoms with Gasteiger partial charge in [0.1, 0.15) is 0 Å². The lowest BCUT2D eigenvalue weighted by Gasteiger charge is -2.28. The zero-order chi connectivity index (χ0) is 14.8. The molecule has 1 amide bonds. The molecule has 1 saturated heterocycles. The normalized spacial score (nSPS) is 19.0. The highest BCUT2D eigenvalue weighted by atomic mass is 35.5. The van der Waals surface area contributed by atoms with Crippen LogP contribution in [0.5, 0.6) is 0 Å². The molecule has 4 heteroatoms. The first-order valence-electron chi connectivity index (χ1n) is 7.70. The Morgan fingerprint density at radius 1 is 1.27 bits per heavy atom. The van der Waals surface area contributed by atoms with Gasteiger partial charge in [-0.1, -0.05) is 49.4 Å². The molecule has 1 aliphatic rings. The largest absolute Gasteiger partial charge is 0.335 e. The van der Waals surface area contributed by atoms with Crippen LogP contribution < -0.4 is 5.73 Å². The highest BCUT2D eigenvalue weighted by Crippen LogP contribution is 2.36. The van der Waals surface area contributed by atoms with Crippen molar-refractivity contribution in [3.63, 3.8) is 0 Å². The molecule has 2 aromatic rings. The van der Waals surface area contributed by atoms with Gasteiger partial charge < -0.3 is 10.6 Å². The molecule has 0 aliphatic carbocycles. The van der Waals surface area contributed by atoms with Crippen molar-refractivity contribution in [2.24, 2.45) is 11.7 Å². The summed E-state index contributed by atoms with van der Waals surface area (Å²) in [6, 6.07) is 15.0. The second kappa shape index (κ2) is 7.12. The van der Waals surface area contributed by atoms with Crippen LogP contribution >= 0.6 is 12.4 Å². The van der Waals surface area contributed by atoms with Crippen LogP contribution in [0.1, 0.15) is 31.4 Å². The standard InChI is InChI=1S/C18H22N2O.ClH/c1-13(12-19)18(21)20-11-5-10-17(20)16-9-4-7-14-6-2-3-8-15(14)16;/h2-4,6-9,13,17H,5,10-12,19H2,1H3;1H. The minimum atomic E-state index is -0.0967. The van der Waals surface area contributed by atoms with E-state index >= 15 is 0 Å². The van der Waals surface area contributed by atoms with E-state index < -0.39 is 0 Å². The monoisotopic (exact) mass is 318 g/mol. The van der Waals surface area contributed by atoms with Gasteiger partial charge in [-0.15, -0.1) is 12.4 Å². The van der Waals surface area contributed by atoms with Crippen molar-refractivity contribution < 1.29 is 4.79 Å². The van der Waals surface area contributed by atoms with E-state index in [9.17, 15) is 4.79 Å². The lowest BCUT2D eigenvalue weighted by molar-refractivity contribution is -0.135. The lowest BCUT2D eigenvalue weighted by atomic mass is 9.96. The summed E-state index contributed by atoms with van der Waals surface area (Å²) in [5.74, 6) is 0.0912. The molecule has 0 saturated carbocycles. The molecule has 0 bridgehead atoms. The van der Waals surface area contributed by atoms with Crippen LogP contribution in [0.15, 0.2) is 42.5 Å². The number of benzene rings is 2. The summed E-state index contributed by atoms with van der Waals surface area (Å²) in [6.07, 6.45) is 2.11. The second-order valence-corrected chi connectivity index (χ2v) is 5.89. The molecule has 3 nitrogen and oxygen atoms in total. The molecule has 2 atom stereocenters. The molecule has 2 N–H and O–H groups in total. The van der Waals surface area contributed by atoms with E-state index in [-0.39, 0.29) is 30.3 Å². The number of carbonyl (C=O) groups is 1. The quantitative estimate of drug-likeness (QED) is 0.941. The van der Waals surface area contributed by atoms with Crippen molar-refractivity contribution in [1.82, 2.24) is 4.90 Å². The summed E-state index contributed by atoms with van der Waals surface area (Å²) < 4.78 is 0. The average molecular weight is 319 g/mol. The van der Waals surface area contributed by atoms with Crippen molar-refractivity contribution in [3.8, 4) is 0 Å². The molecule has 1 fully saturated rings. The first kappa shape index (κ1) is 16.8. The Morgan fingerprint density at radius 2 is 2.00 bits per heavy atom. The highest BCUT2D eigenvalue weighted by molar-refractivity contribution is 5.87. The van der Waals surface area contributed by atoms with Gasteiger partial charge in [0.25, 0.3) is 0 Å². The van der Waals surface area contributed by atoms with Gasteiger partial charge in [-0.2, -0.15) is 0 Å².